The fraction of sp³-hybridized carbons (Fsp3) is 0.143. The third-order valence-corrected chi connectivity index (χ3v) is 4.22. The van der Waals surface area contributed by atoms with Crippen LogP contribution in [0.3, 0.4) is 0 Å². The summed E-state index contributed by atoms with van der Waals surface area (Å²) < 4.78 is 19.6. The molecule has 2 N–H and O–H groups in total. The number of ether oxygens (including phenoxy) is 1. The summed E-state index contributed by atoms with van der Waals surface area (Å²) in [5.41, 5.74) is 3.87. The van der Waals surface area contributed by atoms with E-state index < -0.39 is 0 Å². The van der Waals surface area contributed by atoms with Crippen molar-refractivity contribution in [1.29, 1.82) is 0 Å². The summed E-state index contributed by atoms with van der Waals surface area (Å²) in [5, 5.41) is 3.27. The lowest BCUT2D eigenvalue weighted by molar-refractivity contribution is 0.414. The van der Waals surface area contributed by atoms with E-state index in [1.54, 1.807) is 13.2 Å². The molecule has 0 radical (unpaired) electrons. The van der Waals surface area contributed by atoms with Gasteiger partial charge in [0.1, 0.15) is 11.6 Å². The lowest BCUT2D eigenvalue weighted by Crippen LogP contribution is -1.92. The molecule has 1 aromatic heterocycles. The van der Waals surface area contributed by atoms with Crippen LogP contribution in [-0.2, 0) is 0 Å². The molecule has 3 rings (SSSR count). The van der Waals surface area contributed by atoms with Crippen LogP contribution < -0.4 is 10.1 Å². The third-order valence-electron chi connectivity index (χ3n) is 3.16. The number of aromatic nitrogens is 1. The Morgan fingerprint density at radius 3 is 3.00 bits per heavy atom. The lowest BCUT2D eigenvalue weighted by atomic mass is 10.1. The molecule has 1 aromatic carbocycles. The molecular weight excluding hydrogens is 358 g/mol. The number of fused-ring (bicyclic) bond motifs is 1. The number of hydrogen-bond donors (Lipinski definition) is 2. The van der Waals surface area contributed by atoms with Gasteiger partial charge in [-0.1, -0.05) is 0 Å². The first-order chi connectivity index (χ1) is 9.20. The van der Waals surface area contributed by atoms with Gasteiger partial charge in [0.15, 0.2) is 0 Å². The maximum Gasteiger partial charge on any atom is 0.143 e. The smallest absolute Gasteiger partial charge is 0.143 e. The molecular formula is C14H12FIN2O. The molecule has 98 valence electrons. The molecule has 0 unspecified atom stereocenters. The number of methoxy groups -OCH3 is 1. The predicted molar refractivity (Wildman–Crippen MR) is 82.8 cm³/mol. The van der Waals surface area contributed by atoms with Crippen molar-refractivity contribution in [2.45, 2.75) is 0 Å². The van der Waals surface area contributed by atoms with Gasteiger partial charge in [-0.3, -0.25) is 0 Å². The maximum absolute atomic E-state index is 13.7. The minimum atomic E-state index is -0.188. The Hall–Kier alpha value is -1.50. The van der Waals surface area contributed by atoms with E-state index in [4.69, 9.17) is 4.74 Å². The van der Waals surface area contributed by atoms with Crippen LogP contribution in [0.4, 0.5) is 10.1 Å². The molecule has 0 spiro atoms. The Bertz CT molecular complexity index is 663. The van der Waals surface area contributed by atoms with Crippen LogP contribution in [0.25, 0.3) is 11.6 Å². The highest BCUT2D eigenvalue weighted by molar-refractivity contribution is 14.1. The van der Waals surface area contributed by atoms with Crippen molar-refractivity contribution >= 4 is 39.9 Å². The Morgan fingerprint density at radius 2 is 2.21 bits per heavy atom. The van der Waals surface area contributed by atoms with Crippen molar-refractivity contribution in [2.24, 2.45) is 0 Å². The molecule has 2 aromatic rings. The number of rotatable bonds is 2. The second kappa shape index (κ2) is 4.88. The first-order valence-electron chi connectivity index (χ1n) is 5.85. The molecule has 0 amide bonds. The second-order valence-corrected chi connectivity index (χ2v) is 5.35. The van der Waals surface area contributed by atoms with Crippen molar-refractivity contribution in [3.05, 3.63) is 45.0 Å². The molecule has 0 saturated carbocycles. The van der Waals surface area contributed by atoms with E-state index >= 15 is 0 Å². The topological polar surface area (TPSA) is 37.0 Å². The Labute approximate surface area is 124 Å². The molecule has 2 heterocycles. The standard InChI is InChI=1S/C14H12FIN2O/c1-19-12-4-5-17-11(12)6-8-7-18-10-3-2-9(15)14(16)13(8)10/h2-6,17-18H,7H2,1H3/b8-6+. The molecule has 0 atom stereocenters. The summed E-state index contributed by atoms with van der Waals surface area (Å²) in [5.74, 6) is 0.597. The van der Waals surface area contributed by atoms with Crippen LogP contribution in [0, 0.1) is 9.39 Å². The van der Waals surface area contributed by atoms with Crippen molar-refractivity contribution in [1.82, 2.24) is 4.98 Å². The van der Waals surface area contributed by atoms with Crippen molar-refractivity contribution in [3.63, 3.8) is 0 Å². The Morgan fingerprint density at radius 1 is 1.37 bits per heavy atom. The van der Waals surface area contributed by atoms with E-state index in [1.807, 2.05) is 40.9 Å². The van der Waals surface area contributed by atoms with Gasteiger partial charge >= 0.3 is 0 Å². The van der Waals surface area contributed by atoms with E-state index in [0.29, 0.717) is 10.1 Å². The lowest BCUT2D eigenvalue weighted by Gasteiger charge is -2.05. The predicted octanol–water partition coefficient (Wildman–Crippen LogP) is 3.73. The number of nitrogens with one attached hydrogen (secondary N) is 2. The van der Waals surface area contributed by atoms with E-state index in [1.165, 1.54) is 6.07 Å². The van der Waals surface area contributed by atoms with Crippen LogP contribution >= 0.6 is 22.6 Å². The van der Waals surface area contributed by atoms with Gasteiger partial charge in [0.05, 0.1) is 16.4 Å². The van der Waals surface area contributed by atoms with Crippen LogP contribution in [0.1, 0.15) is 11.3 Å². The molecule has 19 heavy (non-hydrogen) atoms. The van der Waals surface area contributed by atoms with Gasteiger partial charge in [-0.05, 0) is 52.4 Å². The number of hydrogen-bond acceptors (Lipinski definition) is 2. The van der Waals surface area contributed by atoms with Crippen molar-refractivity contribution < 1.29 is 9.13 Å². The maximum atomic E-state index is 13.7. The van der Waals surface area contributed by atoms with Gasteiger partial charge in [-0.25, -0.2) is 4.39 Å². The fourth-order valence-electron chi connectivity index (χ4n) is 2.25. The fourth-order valence-corrected chi connectivity index (χ4v) is 3.06. The summed E-state index contributed by atoms with van der Waals surface area (Å²) in [6.45, 7) is 0.691. The van der Waals surface area contributed by atoms with E-state index in [-0.39, 0.29) is 5.82 Å². The van der Waals surface area contributed by atoms with Gasteiger partial charge in [0.2, 0.25) is 0 Å². The zero-order valence-electron chi connectivity index (χ0n) is 10.3. The molecule has 0 fully saturated rings. The largest absolute Gasteiger partial charge is 0.495 e. The average Bonchev–Trinajstić information content (AvgIpc) is 3.01. The second-order valence-electron chi connectivity index (χ2n) is 4.27. The third kappa shape index (κ3) is 2.11. The molecule has 0 aliphatic carbocycles. The van der Waals surface area contributed by atoms with E-state index in [2.05, 4.69) is 10.3 Å². The highest BCUT2D eigenvalue weighted by Crippen LogP contribution is 2.37. The van der Waals surface area contributed by atoms with Crippen LogP contribution in [-0.4, -0.2) is 18.6 Å². The molecule has 5 heteroatoms. The first-order valence-corrected chi connectivity index (χ1v) is 6.92. The zero-order valence-corrected chi connectivity index (χ0v) is 12.4. The quantitative estimate of drug-likeness (QED) is 0.791. The Balaban J connectivity index is 2.10. The Kier molecular flexibility index (Phi) is 3.22. The number of benzene rings is 1. The summed E-state index contributed by atoms with van der Waals surface area (Å²) in [6.07, 6.45) is 3.82. The zero-order chi connectivity index (χ0) is 13.4. The molecule has 3 nitrogen and oxygen atoms in total. The summed E-state index contributed by atoms with van der Waals surface area (Å²) >= 11 is 2.05. The number of H-pyrrole nitrogens is 1. The van der Waals surface area contributed by atoms with E-state index in [9.17, 15) is 4.39 Å². The SMILES string of the molecule is COc1cc[nH]c1/C=C1\CNc2ccc(F)c(I)c21. The van der Waals surface area contributed by atoms with Crippen molar-refractivity contribution in [3.8, 4) is 5.75 Å². The van der Waals surface area contributed by atoms with E-state index in [0.717, 1.165) is 28.3 Å². The average molecular weight is 370 g/mol. The van der Waals surface area contributed by atoms with Gasteiger partial charge in [0, 0.05) is 24.0 Å². The van der Waals surface area contributed by atoms with Gasteiger partial charge in [-0.2, -0.15) is 0 Å². The number of anilines is 1. The number of halogens is 2. The normalized spacial score (nSPS) is 15.4. The molecule has 0 saturated heterocycles. The summed E-state index contributed by atoms with van der Waals surface area (Å²) in [7, 11) is 1.63. The molecule has 0 bridgehead atoms. The van der Waals surface area contributed by atoms with Gasteiger partial charge in [0.25, 0.3) is 0 Å². The summed E-state index contributed by atoms with van der Waals surface area (Å²) in [4.78, 5) is 3.12. The van der Waals surface area contributed by atoms with Crippen LogP contribution in [0.5, 0.6) is 5.75 Å². The van der Waals surface area contributed by atoms with Crippen molar-refractivity contribution in [2.75, 3.05) is 19.0 Å². The monoisotopic (exact) mass is 370 g/mol. The minimum absolute atomic E-state index is 0.188. The van der Waals surface area contributed by atoms with Gasteiger partial charge < -0.3 is 15.0 Å². The first kappa shape index (κ1) is 12.5. The van der Waals surface area contributed by atoms with Gasteiger partial charge in [-0.15, -0.1) is 0 Å². The highest BCUT2D eigenvalue weighted by Gasteiger charge is 2.21. The summed E-state index contributed by atoms with van der Waals surface area (Å²) in [6, 6.07) is 5.14. The molecule has 1 aliphatic rings. The minimum Gasteiger partial charge on any atom is -0.495 e. The molecule has 1 aliphatic heterocycles. The highest BCUT2D eigenvalue weighted by atomic mass is 127. The van der Waals surface area contributed by atoms with Crippen LogP contribution in [0.15, 0.2) is 24.4 Å². The number of aromatic amines is 1. The van der Waals surface area contributed by atoms with Crippen LogP contribution in [0.2, 0.25) is 0 Å².